The van der Waals surface area contributed by atoms with Gasteiger partial charge < -0.3 is 5.32 Å². The molecule has 1 aliphatic rings. The minimum Gasteiger partial charge on any atom is -0.317 e. The number of aryl methyl sites for hydroxylation is 2. The molecule has 0 fully saturated rings. The van der Waals surface area contributed by atoms with Gasteiger partial charge in [0, 0.05) is 16.7 Å². The van der Waals surface area contributed by atoms with E-state index >= 15 is 0 Å². The van der Waals surface area contributed by atoms with Gasteiger partial charge in [0.15, 0.2) is 0 Å². The number of hydrogen-bond donors (Lipinski definition) is 1. The monoisotopic (exact) mass is 279 g/mol. The third kappa shape index (κ3) is 3.90. The summed E-state index contributed by atoms with van der Waals surface area (Å²) in [6.45, 7) is 2.19. The third-order valence-electron chi connectivity index (χ3n) is 4.12. The van der Waals surface area contributed by atoms with Gasteiger partial charge in [0.25, 0.3) is 0 Å². The van der Waals surface area contributed by atoms with E-state index in [9.17, 15) is 4.21 Å². The second kappa shape index (κ2) is 7.20. The molecule has 2 atom stereocenters. The van der Waals surface area contributed by atoms with Crippen LogP contribution in [0.4, 0.5) is 0 Å². The maximum Gasteiger partial charge on any atom is 0.0529 e. The van der Waals surface area contributed by atoms with Crippen molar-refractivity contribution in [2.24, 2.45) is 0 Å². The molecule has 0 radical (unpaired) electrons. The van der Waals surface area contributed by atoms with Crippen LogP contribution in [-0.2, 0) is 23.6 Å². The summed E-state index contributed by atoms with van der Waals surface area (Å²) in [5.74, 6) is 0.789. The molecule has 19 heavy (non-hydrogen) atoms. The van der Waals surface area contributed by atoms with Gasteiger partial charge in [-0.1, -0.05) is 13.0 Å². The molecule has 0 heterocycles. The summed E-state index contributed by atoms with van der Waals surface area (Å²) in [6, 6.07) is 6.98. The smallest absolute Gasteiger partial charge is 0.0529 e. The quantitative estimate of drug-likeness (QED) is 0.831. The number of rotatable bonds is 7. The zero-order chi connectivity index (χ0) is 13.7. The molecule has 2 nitrogen and oxygen atoms in total. The van der Waals surface area contributed by atoms with E-state index in [1.54, 1.807) is 0 Å². The Labute approximate surface area is 119 Å². The summed E-state index contributed by atoms with van der Waals surface area (Å²) >= 11 is 0. The standard InChI is InChI=1S/C16H25NOS/c1-3-15(17-2)8-5-11-19(18)16-10-9-13-6-4-7-14(13)12-16/h9-10,12,15,17H,3-8,11H2,1-2H3. The molecule has 1 N–H and O–H groups in total. The van der Waals surface area contributed by atoms with Crippen LogP contribution >= 0.6 is 0 Å². The first-order chi connectivity index (χ1) is 9.24. The molecule has 106 valence electrons. The lowest BCUT2D eigenvalue weighted by atomic mass is 10.1. The van der Waals surface area contributed by atoms with Gasteiger partial charge in [0.1, 0.15) is 0 Å². The molecular weight excluding hydrogens is 254 g/mol. The van der Waals surface area contributed by atoms with Gasteiger partial charge in [-0.05, 0) is 68.8 Å². The average molecular weight is 279 g/mol. The van der Waals surface area contributed by atoms with E-state index in [-0.39, 0.29) is 0 Å². The Morgan fingerprint density at radius 2 is 2.11 bits per heavy atom. The average Bonchev–Trinajstić information content (AvgIpc) is 2.90. The van der Waals surface area contributed by atoms with Crippen LogP contribution in [0.1, 0.15) is 43.7 Å². The summed E-state index contributed by atoms with van der Waals surface area (Å²) in [4.78, 5) is 1.03. The SMILES string of the molecule is CCC(CCCS(=O)c1ccc2c(c1)CCC2)NC. The Morgan fingerprint density at radius 3 is 2.84 bits per heavy atom. The van der Waals surface area contributed by atoms with Crippen LogP contribution in [0.15, 0.2) is 23.1 Å². The van der Waals surface area contributed by atoms with Crippen LogP contribution in [0.25, 0.3) is 0 Å². The highest BCUT2D eigenvalue weighted by Crippen LogP contribution is 2.24. The Morgan fingerprint density at radius 1 is 1.32 bits per heavy atom. The van der Waals surface area contributed by atoms with E-state index < -0.39 is 10.8 Å². The summed E-state index contributed by atoms with van der Waals surface area (Å²) in [5, 5.41) is 3.30. The maximum atomic E-state index is 12.3. The molecule has 0 bridgehead atoms. The van der Waals surface area contributed by atoms with Gasteiger partial charge in [-0.25, -0.2) is 0 Å². The van der Waals surface area contributed by atoms with Crippen LogP contribution in [0.3, 0.4) is 0 Å². The van der Waals surface area contributed by atoms with Gasteiger partial charge >= 0.3 is 0 Å². The molecule has 0 amide bonds. The first kappa shape index (κ1) is 14.7. The molecule has 3 heteroatoms. The summed E-state index contributed by atoms with van der Waals surface area (Å²) in [6.07, 6.45) is 6.90. The van der Waals surface area contributed by atoms with Crippen molar-refractivity contribution in [3.05, 3.63) is 29.3 Å². The summed E-state index contributed by atoms with van der Waals surface area (Å²) in [7, 11) is 1.18. The highest BCUT2D eigenvalue weighted by Gasteiger charge is 2.13. The first-order valence-corrected chi connectivity index (χ1v) is 8.74. The summed E-state index contributed by atoms with van der Waals surface area (Å²) < 4.78 is 12.3. The molecule has 0 aliphatic heterocycles. The fourth-order valence-corrected chi connectivity index (χ4v) is 3.98. The van der Waals surface area contributed by atoms with E-state index in [4.69, 9.17) is 0 Å². The van der Waals surface area contributed by atoms with Gasteiger partial charge in [0.2, 0.25) is 0 Å². The normalized spacial score (nSPS) is 17.2. The molecule has 0 saturated carbocycles. The first-order valence-electron chi connectivity index (χ1n) is 7.42. The Kier molecular flexibility index (Phi) is 5.59. The number of hydrogen-bond acceptors (Lipinski definition) is 2. The predicted molar refractivity (Wildman–Crippen MR) is 82.1 cm³/mol. The van der Waals surface area contributed by atoms with E-state index in [0.29, 0.717) is 6.04 Å². The van der Waals surface area contributed by atoms with E-state index in [2.05, 4.69) is 30.4 Å². The zero-order valence-electron chi connectivity index (χ0n) is 12.1. The van der Waals surface area contributed by atoms with Crippen molar-refractivity contribution in [2.45, 2.75) is 56.4 Å². The maximum absolute atomic E-state index is 12.3. The lowest BCUT2D eigenvalue weighted by Crippen LogP contribution is -2.24. The molecule has 1 aromatic carbocycles. The van der Waals surface area contributed by atoms with E-state index in [0.717, 1.165) is 36.3 Å². The molecule has 0 aromatic heterocycles. The Hall–Kier alpha value is -0.670. The fourth-order valence-electron chi connectivity index (χ4n) is 2.82. The molecule has 2 unspecified atom stereocenters. The topological polar surface area (TPSA) is 29.1 Å². The largest absolute Gasteiger partial charge is 0.317 e. The van der Waals surface area contributed by atoms with Crippen molar-refractivity contribution in [3.63, 3.8) is 0 Å². The van der Waals surface area contributed by atoms with Crippen molar-refractivity contribution < 1.29 is 4.21 Å². The highest BCUT2D eigenvalue weighted by molar-refractivity contribution is 7.85. The van der Waals surface area contributed by atoms with Crippen molar-refractivity contribution in [1.82, 2.24) is 5.32 Å². The van der Waals surface area contributed by atoms with Crippen molar-refractivity contribution in [3.8, 4) is 0 Å². The molecular formula is C16H25NOS. The van der Waals surface area contributed by atoms with Gasteiger partial charge in [-0.15, -0.1) is 0 Å². The summed E-state index contributed by atoms with van der Waals surface area (Å²) in [5.41, 5.74) is 2.88. The van der Waals surface area contributed by atoms with Crippen LogP contribution in [0, 0.1) is 0 Å². The second-order valence-corrected chi connectivity index (χ2v) is 6.94. The number of fused-ring (bicyclic) bond motifs is 1. The Bertz CT molecular complexity index is 440. The van der Waals surface area contributed by atoms with Gasteiger partial charge in [0.05, 0.1) is 10.8 Å². The molecule has 0 spiro atoms. The van der Waals surface area contributed by atoms with E-state index in [1.165, 1.54) is 24.0 Å². The van der Waals surface area contributed by atoms with Gasteiger partial charge in [-0.2, -0.15) is 0 Å². The lowest BCUT2D eigenvalue weighted by molar-refractivity contribution is 0.503. The van der Waals surface area contributed by atoms with Crippen molar-refractivity contribution in [2.75, 3.05) is 12.8 Å². The van der Waals surface area contributed by atoms with Crippen LogP contribution in [-0.4, -0.2) is 23.1 Å². The Balaban J connectivity index is 1.86. The second-order valence-electron chi connectivity index (χ2n) is 5.37. The molecule has 1 aromatic rings. The fraction of sp³-hybridized carbons (Fsp3) is 0.625. The minimum absolute atomic E-state index is 0.567. The third-order valence-corrected chi connectivity index (χ3v) is 5.56. The minimum atomic E-state index is -0.824. The molecule has 0 saturated heterocycles. The van der Waals surface area contributed by atoms with Crippen LogP contribution in [0.5, 0.6) is 0 Å². The van der Waals surface area contributed by atoms with Crippen molar-refractivity contribution in [1.29, 1.82) is 0 Å². The van der Waals surface area contributed by atoms with Crippen molar-refractivity contribution >= 4 is 10.8 Å². The van der Waals surface area contributed by atoms with E-state index in [1.807, 2.05) is 7.05 Å². The molecule has 2 rings (SSSR count). The van der Waals surface area contributed by atoms with Crippen LogP contribution < -0.4 is 5.32 Å². The lowest BCUT2D eigenvalue weighted by Gasteiger charge is -2.13. The number of benzene rings is 1. The number of nitrogens with one attached hydrogen (secondary N) is 1. The molecule has 1 aliphatic carbocycles. The predicted octanol–water partition coefficient (Wildman–Crippen LogP) is 3.06. The highest BCUT2D eigenvalue weighted by atomic mass is 32.2. The van der Waals surface area contributed by atoms with Gasteiger partial charge in [-0.3, -0.25) is 4.21 Å². The van der Waals surface area contributed by atoms with Crippen LogP contribution in [0.2, 0.25) is 0 Å². The zero-order valence-corrected chi connectivity index (χ0v) is 12.9.